The van der Waals surface area contributed by atoms with E-state index >= 15 is 0 Å². The van der Waals surface area contributed by atoms with Gasteiger partial charge in [0.2, 0.25) is 0 Å². The Morgan fingerprint density at radius 3 is 2.16 bits per heavy atom. The van der Waals surface area contributed by atoms with E-state index in [-0.39, 0.29) is 0 Å². The number of ether oxygens (including phenoxy) is 1. The molecule has 168 valence electrons. The van der Waals surface area contributed by atoms with Gasteiger partial charge in [0.05, 0.1) is 5.69 Å². The molecule has 1 fully saturated rings. The lowest BCUT2D eigenvalue weighted by Gasteiger charge is -2.19. The summed E-state index contributed by atoms with van der Waals surface area (Å²) in [5, 5.41) is 2.00. The maximum atomic E-state index is 6.04. The Bertz CT molecular complexity index is 1120. The lowest BCUT2D eigenvalue weighted by atomic mass is 10.1. The van der Waals surface area contributed by atoms with Crippen LogP contribution in [0.3, 0.4) is 0 Å². The molecule has 0 amide bonds. The van der Waals surface area contributed by atoms with E-state index in [9.17, 15) is 0 Å². The summed E-state index contributed by atoms with van der Waals surface area (Å²) in [6, 6.07) is 17.2. The zero-order valence-corrected chi connectivity index (χ0v) is 19.7. The van der Waals surface area contributed by atoms with Gasteiger partial charge in [-0.1, -0.05) is 68.0 Å². The van der Waals surface area contributed by atoms with E-state index < -0.39 is 0 Å². The van der Waals surface area contributed by atoms with Crippen LogP contribution >= 0.6 is 0 Å². The topological polar surface area (TPSA) is 17.4 Å². The summed E-state index contributed by atoms with van der Waals surface area (Å²) in [5.41, 5.74) is 6.12. The molecular formula is C29H36N2O. The lowest BCUT2D eigenvalue weighted by molar-refractivity contribution is 0.214. The first-order valence-electron chi connectivity index (χ1n) is 11.9. The molecule has 3 nitrogen and oxygen atoms in total. The molecule has 1 aromatic heterocycles. The first kappa shape index (κ1) is 22.4. The van der Waals surface area contributed by atoms with E-state index in [1.807, 2.05) is 0 Å². The molecule has 0 N–H and O–H groups in total. The van der Waals surface area contributed by atoms with Crippen LogP contribution in [0.25, 0.3) is 24.4 Å². The van der Waals surface area contributed by atoms with Gasteiger partial charge in [-0.3, -0.25) is 4.90 Å². The third kappa shape index (κ3) is 5.16. The van der Waals surface area contributed by atoms with Crippen molar-refractivity contribution in [1.29, 1.82) is 0 Å². The highest BCUT2D eigenvalue weighted by Gasteiger charge is 2.13. The lowest BCUT2D eigenvalue weighted by Crippen LogP contribution is -2.29. The second-order valence-electron chi connectivity index (χ2n) is 9.10. The quantitative estimate of drug-likeness (QED) is 0.533. The molecule has 0 saturated carbocycles. The SMILES string of the molecule is C=c1c(C)c(-c2ccc(C)cc2)n(Cc2ccc(OCCN3CCCCCC3)cc2)c1=C. The largest absolute Gasteiger partial charge is 0.492 e. The maximum Gasteiger partial charge on any atom is 0.119 e. The van der Waals surface area contributed by atoms with Gasteiger partial charge in [-0.15, -0.1) is 0 Å². The van der Waals surface area contributed by atoms with Crippen LogP contribution < -0.4 is 15.3 Å². The van der Waals surface area contributed by atoms with Gasteiger partial charge in [0, 0.05) is 18.4 Å². The van der Waals surface area contributed by atoms with Crippen molar-refractivity contribution in [2.24, 2.45) is 0 Å². The fourth-order valence-corrected chi connectivity index (χ4v) is 4.64. The Labute approximate surface area is 192 Å². The van der Waals surface area contributed by atoms with E-state index in [0.29, 0.717) is 0 Å². The molecule has 0 radical (unpaired) electrons. The number of rotatable bonds is 7. The Morgan fingerprint density at radius 1 is 0.844 bits per heavy atom. The predicted octanol–water partition coefficient (Wildman–Crippen LogP) is 4.90. The van der Waals surface area contributed by atoms with Crippen molar-refractivity contribution in [3.8, 4) is 17.0 Å². The number of aryl methyl sites for hydroxylation is 1. The summed E-state index contributed by atoms with van der Waals surface area (Å²) in [5.74, 6) is 0.943. The minimum absolute atomic E-state index is 0.752. The van der Waals surface area contributed by atoms with Gasteiger partial charge in [-0.2, -0.15) is 0 Å². The molecule has 1 aliphatic heterocycles. The number of nitrogens with zero attached hydrogens (tertiary/aromatic N) is 2. The van der Waals surface area contributed by atoms with Gasteiger partial charge in [0.25, 0.3) is 0 Å². The van der Waals surface area contributed by atoms with E-state index in [1.54, 1.807) is 0 Å². The minimum atomic E-state index is 0.752. The second kappa shape index (κ2) is 10.2. The van der Waals surface area contributed by atoms with E-state index in [4.69, 9.17) is 4.74 Å². The summed E-state index contributed by atoms with van der Waals surface area (Å²) in [6.07, 6.45) is 5.38. The van der Waals surface area contributed by atoms with Gasteiger partial charge in [-0.05, 0) is 73.8 Å². The minimum Gasteiger partial charge on any atom is -0.492 e. The molecular weight excluding hydrogens is 392 g/mol. The third-order valence-corrected chi connectivity index (χ3v) is 6.72. The predicted molar refractivity (Wildman–Crippen MR) is 136 cm³/mol. The highest BCUT2D eigenvalue weighted by Crippen LogP contribution is 2.23. The molecule has 3 aromatic rings. The highest BCUT2D eigenvalue weighted by molar-refractivity contribution is 5.65. The van der Waals surface area contributed by atoms with Crippen LogP contribution in [0.4, 0.5) is 0 Å². The van der Waals surface area contributed by atoms with Gasteiger partial charge >= 0.3 is 0 Å². The maximum absolute atomic E-state index is 6.04. The Morgan fingerprint density at radius 2 is 1.50 bits per heavy atom. The van der Waals surface area contributed by atoms with Gasteiger partial charge in [0.15, 0.2) is 0 Å². The van der Waals surface area contributed by atoms with Crippen LogP contribution in [-0.2, 0) is 6.54 Å². The summed E-state index contributed by atoms with van der Waals surface area (Å²) in [4.78, 5) is 2.54. The fourth-order valence-electron chi connectivity index (χ4n) is 4.64. The summed E-state index contributed by atoms with van der Waals surface area (Å²) in [7, 11) is 0. The number of hydrogen-bond donors (Lipinski definition) is 0. The van der Waals surface area contributed by atoms with E-state index in [2.05, 4.69) is 85.0 Å². The standard InChI is InChI=1S/C29H36N2O/c1-22-9-13-27(14-10-22)29-24(3)23(2)25(4)31(29)21-26-11-15-28(16-12-26)32-20-19-30-17-7-5-6-8-18-30/h9-16H,2,4-8,17-21H2,1,3H3. The normalized spacial score (nSPS) is 14.9. The Balaban J connectivity index is 1.44. The first-order valence-corrected chi connectivity index (χ1v) is 11.9. The third-order valence-electron chi connectivity index (χ3n) is 6.72. The van der Waals surface area contributed by atoms with Crippen LogP contribution in [0.1, 0.15) is 42.4 Å². The monoisotopic (exact) mass is 428 g/mol. The van der Waals surface area contributed by atoms with Crippen molar-refractivity contribution in [3.63, 3.8) is 0 Å². The molecule has 2 aromatic carbocycles. The van der Waals surface area contributed by atoms with E-state index in [0.717, 1.165) is 36.0 Å². The van der Waals surface area contributed by atoms with Crippen LogP contribution in [0.2, 0.25) is 0 Å². The first-order chi connectivity index (χ1) is 15.5. The Hall–Kier alpha value is -2.78. The molecule has 0 aliphatic carbocycles. The van der Waals surface area contributed by atoms with Crippen molar-refractivity contribution in [2.75, 3.05) is 26.2 Å². The Kier molecular flexibility index (Phi) is 7.16. The number of likely N-dealkylation sites (tertiary alicyclic amines) is 1. The van der Waals surface area contributed by atoms with Crippen LogP contribution in [0, 0.1) is 13.8 Å². The summed E-state index contributed by atoms with van der Waals surface area (Å²) in [6.45, 7) is 17.8. The van der Waals surface area contributed by atoms with Crippen molar-refractivity contribution in [2.45, 2.75) is 46.1 Å². The number of hydrogen-bond acceptors (Lipinski definition) is 2. The smallest absolute Gasteiger partial charge is 0.119 e. The highest BCUT2D eigenvalue weighted by atomic mass is 16.5. The molecule has 1 saturated heterocycles. The van der Waals surface area contributed by atoms with Gasteiger partial charge in [0.1, 0.15) is 12.4 Å². The fraction of sp³-hybridized carbons (Fsp3) is 0.379. The zero-order valence-electron chi connectivity index (χ0n) is 19.7. The van der Waals surface area contributed by atoms with Crippen LogP contribution in [0.15, 0.2) is 48.5 Å². The summed E-state index contributed by atoms with van der Waals surface area (Å²) >= 11 is 0. The molecule has 0 unspecified atom stereocenters. The van der Waals surface area contributed by atoms with Gasteiger partial charge in [-0.25, -0.2) is 0 Å². The number of aromatic nitrogens is 1. The summed E-state index contributed by atoms with van der Waals surface area (Å²) < 4.78 is 8.32. The zero-order chi connectivity index (χ0) is 22.5. The molecule has 0 atom stereocenters. The molecule has 0 spiro atoms. The average molecular weight is 429 g/mol. The molecule has 3 heteroatoms. The van der Waals surface area contributed by atoms with Crippen LogP contribution in [0.5, 0.6) is 5.75 Å². The second-order valence-corrected chi connectivity index (χ2v) is 9.10. The van der Waals surface area contributed by atoms with Gasteiger partial charge < -0.3 is 9.30 Å². The van der Waals surface area contributed by atoms with Crippen molar-refractivity contribution in [3.05, 3.63) is 75.8 Å². The molecule has 2 heterocycles. The molecule has 32 heavy (non-hydrogen) atoms. The molecule has 1 aliphatic rings. The molecule has 0 bridgehead atoms. The van der Waals surface area contributed by atoms with Crippen molar-refractivity contribution < 1.29 is 4.74 Å². The number of benzene rings is 2. The van der Waals surface area contributed by atoms with Crippen molar-refractivity contribution in [1.82, 2.24) is 9.47 Å². The average Bonchev–Trinajstić information content (AvgIpc) is 2.99. The van der Waals surface area contributed by atoms with Crippen LogP contribution in [-0.4, -0.2) is 35.7 Å². The van der Waals surface area contributed by atoms with Crippen molar-refractivity contribution >= 4 is 13.2 Å². The van der Waals surface area contributed by atoms with E-state index in [1.165, 1.54) is 66.7 Å². The molecule has 4 rings (SSSR count).